The third-order valence-electron chi connectivity index (χ3n) is 4.58. The molecule has 1 aromatic heterocycles. The number of nitrogens with one attached hydrogen (secondary N) is 2. The van der Waals surface area contributed by atoms with Gasteiger partial charge in [-0.25, -0.2) is 0 Å². The van der Waals surface area contributed by atoms with Crippen LogP contribution in [0, 0.1) is 6.92 Å². The predicted molar refractivity (Wildman–Crippen MR) is 132 cm³/mol. The van der Waals surface area contributed by atoms with E-state index in [0.29, 0.717) is 19.8 Å². The molecule has 1 heterocycles. The highest BCUT2D eigenvalue weighted by Gasteiger charge is 2.07. The highest BCUT2D eigenvalue weighted by atomic mass is 127. The molecular weight excluding hydrogens is 493 g/mol. The lowest BCUT2D eigenvalue weighted by atomic mass is 10.1. The quantitative estimate of drug-likeness (QED) is 0.190. The van der Waals surface area contributed by atoms with Crippen LogP contribution in [0.2, 0.25) is 0 Å². The Morgan fingerprint density at radius 2 is 1.90 bits per heavy atom. The van der Waals surface area contributed by atoms with Crippen LogP contribution in [-0.4, -0.2) is 39.9 Å². The number of para-hydroxylation sites is 1. The van der Waals surface area contributed by atoms with Crippen molar-refractivity contribution in [2.24, 2.45) is 4.99 Å². The molecule has 0 aliphatic carbocycles. The summed E-state index contributed by atoms with van der Waals surface area (Å²) in [5, 5.41) is 7.81. The van der Waals surface area contributed by atoms with Gasteiger partial charge in [-0.05, 0) is 30.7 Å². The summed E-state index contributed by atoms with van der Waals surface area (Å²) >= 11 is 0. The molecule has 2 aromatic carbocycles. The Balaban J connectivity index is 0.00000320. The molecule has 0 spiro atoms. The summed E-state index contributed by atoms with van der Waals surface area (Å²) in [6.45, 7) is 4.49. The fraction of sp³-hybridized carbons (Fsp3) is 0.348. The van der Waals surface area contributed by atoms with E-state index in [0.717, 1.165) is 52.5 Å². The molecule has 3 aromatic rings. The minimum absolute atomic E-state index is 0. The third kappa shape index (κ3) is 6.91. The number of benzene rings is 2. The van der Waals surface area contributed by atoms with Gasteiger partial charge in [-0.3, -0.25) is 4.99 Å². The monoisotopic (exact) mass is 523 g/mol. The van der Waals surface area contributed by atoms with Gasteiger partial charge in [-0.15, -0.1) is 24.0 Å². The number of methoxy groups -OCH3 is 1. The zero-order chi connectivity index (χ0) is 20.5. The number of hydrogen-bond acceptors (Lipinski definition) is 4. The van der Waals surface area contributed by atoms with Crippen LogP contribution < -0.4 is 15.4 Å². The first-order valence-corrected chi connectivity index (χ1v) is 9.83. The first-order valence-electron chi connectivity index (χ1n) is 9.83. The molecule has 0 fully saturated rings. The molecule has 6 nitrogen and oxygen atoms in total. The Morgan fingerprint density at radius 1 is 1.07 bits per heavy atom. The number of ether oxygens (including phenoxy) is 2. The second-order valence-electron chi connectivity index (χ2n) is 6.81. The second kappa shape index (κ2) is 12.4. The molecule has 162 valence electrons. The molecule has 0 radical (unpaired) electrons. The van der Waals surface area contributed by atoms with Crippen molar-refractivity contribution in [3.05, 3.63) is 65.4 Å². The molecule has 0 saturated heterocycles. The Morgan fingerprint density at radius 3 is 2.67 bits per heavy atom. The van der Waals surface area contributed by atoms with Crippen LogP contribution in [0.3, 0.4) is 0 Å². The van der Waals surface area contributed by atoms with Gasteiger partial charge in [0.1, 0.15) is 23.7 Å². The lowest BCUT2D eigenvalue weighted by Gasteiger charge is -2.15. The highest BCUT2D eigenvalue weighted by Crippen LogP contribution is 2.20. The molecule has 30 heavy (non-hydrogen) atoms. The van der Waals surface area contributed by atoms with E-state index >= 15 is 0 Å². The van der Waals surface area contributed by atoms with Crippen LogP contribution in [0.15, 0.2) is 57.9 Å². The molecule has 3 rings (SSSR count). The van der Waals surface area contributed by atoms with Crippen molar-refractivity contribution in [3.63, 3.8) is 0 Å². The molecule has 0 amide bonds. The maximum atomic E-state index is 5.86. The molecule has 0 bridgehead atoms. The van der Waals surface area contributed by atoms with E-state index in [1.807, 2.05) is 24.3 Å². The molecule has 0 unspecified atom stereocenters. The van der Waals surface area contributed by atoms with Crippen LogP contribution in [-0.2, 0) is 17.7 Å². The van der Waals surface area contributed by atoms with E-state index in [9.17, 15) is 0 Å². The number of nitrogens with zero attached hydrogens (tertiary/aromatic N) is 1. The zero-order valence-electron chi connectivity index (χ0n) is 17.7. The van der Waals surface area contributed by atoms with Gasteiger partial charge in [0.05, 0.1) is 6.61 Å². The number of guanidine groups is 1. The van der Waals surface area contributed by atoms with Crippen LogP contribution >= 0.6 is 24.0 Å². The van der Waals surface area contributed by atoms with Crippen molar-refractivity contribution in [1.29, 1.82) is 0 Å². The van der Waals surface area contributed by atoms with Gasteiger partial charge < -0.3 is 24.5 Å². The smallest absolute Gasteiger partial charge is 0.191 e. The summed E-state index contributed by atoms with van der Waals surface area (Å²) in [5.74, 6) is 2.57. The standard InChI is InChI=1S/C23H29N3O3.HI/c1-17-8-9-19(22(14-17)28-13-12-27-3)16-26-23(24-2)25-11-10-20-15-18-6-4-5-7-21(18)29-20;/h4-9,14-15H,10-13,16H2,1-3H3,(H2,24,25,26);1H. The highest BCUT2D eigenvalue weighted by molar-refractivity contribution is 14.0. The topological polar surface area (TPSA) is 68.0 Å². The zero-order valence-corrected chi connectivity index (χ0v) is 20.1. The van der Waals surface area contributed by atoms with Crippen molar-refractivity contribution in [3.8, 4) is 5.75 Å². The van der Waals surface area contributed by atoms with Gasteiger partial charge in [0.2, 0.25) is 0 Å². The van der Waals surface area contributed by atoms with Crippen LogP contribution in [0.25, 0.3) is 11.0 Å². The summed E-state index contributed by atoms with van der Waals surface area (Å²) in [4.78, 5) is 4.30. The minimum Gasteiger partial charge on any atom is -0.491 e. The lowest BCUT2D eigenvalue weighted by Crippen LogP contribution is -2.37. The average molecular weight is 523 g/mol. The Kier molecular flexibility index (Phi) is 9.96. The van der Waals surface area contributed by atoms with Gasteiger partial charge in [-0.2, -0.15) is 0 Å². The van der Waals surface area contributed by atoms with E-state index in [4.69, 9.17) is 13.9 Å². The predicted octanol–water partition coefficient (Wildman–Crippen LogP) is 4.29. The number of furan rings is 1. The number of fused-ring (bicyclic) bond motifs is 1. The molecular formula is C23H30IN3O3. The number of aliphatic imine (C=N–C) groups is 1. The van der Waals surface area contributed by atoms with Crippen molar-refractivity contribution in [2.45, 2.75) is 19.9 Å². The van der Waals surface area contributed by atoms with E-state index in [-0.39, 0.29) is 24.0 Å². The third-order valence-corrected chi connectivity index (χ3v) is 4.58. The summed E-state index contributed by atoms with van der Waals surface area (Å²) in [6, 6.07) is 16.3. The van der Waals surface area contributed by atoms with Gasteiger partial charge in [0.25, 0.3) is 0 Å². The molecule has 7 heteroatoms. The van der Waals surface area contributed by atoms with Gasteiger partial charge in [0, 0.05) is 44.6 Å². The van der Waals surface area contributed by atoms with E-state index in [1.165, 1.54) is 0 Å². The molecule has 0 atom stereocenters. The van der Waals surface area contributed by atoms with Crippen molar-refractivity contribution >= 4 is 40.9 Å². The van der Waals surface area contributed by atoms with Gasteiger partial charge >= 0.3 is 0 Å². The number of halogens is 1. The number of rotatable bonds is 9. The summed E-state index contributed by atoms with van der Waals surface area (Å²) in [7, 11) is 3.44. The summed E-state index contributed by atoms with van der Waals surface area (Å²) in [6.07, 6.45) is 0.783. The molecule has 0 aliphatic rings. The van der Waals surface area contributed by atoms with Crippen molar-refractivity contribution in [2.75, 3.05) is 33.9 Å². The van der Waals surface area contributed by atoms with Gasteiger partial charge in [0.15, 0.2) is 5.96 Å². The fourth-order valence-electron chi connectivity index (χ4n) is 3.04. The maximum Gasteiger partial charge on any atom is 0.191 e. The normalized spacial score (nSPS) is 11.2. The maximum absolute atomic E-state index is 5.86. The van der Waals surface area contributed by atoms with Gasteiger partial charge in [-0.1, -0.05) is 30.3 Å². The van der Waals surface area contributed by atoms with Crippen LogP contribution in [0.5, 0.6) is 5.75 Å². The van der Waals surface area contributed by atoms with E-state index in [1.54, 1.807) is 14.2 Å². The largest absolute Gasteiger partial charge is 0.491 e. The van der Waals surface area contributed by atoms with E-state index in [2.05, 4.69) is 46.8 Å². The Bertz CT molecular complexity index is 923. The van der Waals surface area contributed by atoms with Crippen molar-refractivity contribution < 1.29 is 13.9 Å². The Hall–Kier alpha value is -2.26. The number of hydrogen-bond donors (Lipinski definition) is 2. The fourth-order valence-corrected chi connectivity index (χ4v) is 3.04. The molecule has 0 aliphatic heterocycles. The lowest BCUT2D eigenvalue weighted by molar-refractivity contribution is 0.145. The van der Waals surface area contributed by atoms with Crippen LogP contribution in [0.1, 0.15) is 16.9 Å². The van der Waals surface area contributed by atoms with E-state index < -0.39 is 0 Å². The first-order chi connectivity index (χ1) is 14.2. The Labute approximate surface area is 195 Å². The SMILES string of the molecule is CN=C(NCCc1cc2ccccc2o1)NCc1ccc(C)cc1OCCOC.I. The summed E-state index contributed by atoms with van der Waals surface area (Å²) in [5.41, 5.74) is 3.16. The molecule has 0 saturated carbocycles. The average Bonchev–Trinajstić information content (AvgIpc) is 3.14. The minimum atomic E-state index is 0. The molecule has 2 N–H and O–H groups in total. The van der Waals surface area contributed by atoms with Crippen molar-refractivity contribution in [1.82, 2.24) is 10.6 Å². The first kappa shape index (κ1) is 24.0. The van der Waals surface area contributed by atoms with Crippen LogP contribution in [0.4, 0.5) is 0 Å². The summed E-state index contributed by atoms with van der Waals surface area (Å²) < 4.78 is 16.8. The number of aryl methyl sites for hydroxylation is 1. The second-order valence-corrected chi connectivity index (χ2v) is 6.81.